The molecule has 4 nitrogen and oxygen atoms in total. The van der Waals surface area contributed by atoms with Gasteiger partial charge >= 0.3 is 0 Å². The molecule has 0 aliphatic heterocycles. The first kappa shape index (κ1) is 14.4. The number of halogens is 1. The Labute approximate surface area is 121 Å². The number of nitrogens with zero attached hydrogens (tertiary/aromatic N) is 2. The van der Waals surface area contributed by atoms with Gasteiger partial charge in [-0.3, -0.25) is 0 Å². The summed E-state index contributed by atoms with van der Waals surface area (Å²) < 4.78 is 24.3. The monoisotopic (exact) mass is 282 g/mol. The standard InChI is InChI=1S/C16H11FN2O2/c1-20-14-4-12(9-19)5-15(7-14)21-10-13-3-2-11(8-18)6-16(13)17/h2-7H,10H2,1H3. The Kier molecular flexibility index (Phi) is 4.38. The predicted octanol–water partition coefficient (Wildman–Crippen LogP) is 3.16. The lowest BCUT2D eigenvalue weighted by Crippen LogP contribution is -1.99. The van der Waals surface area contributed by atoms with Crippen LogP contribution in [0.1, 0.15) is 16.7 Å². The molecule has 0 radical (unpaired) electrons. The molecule has 104 valence electrons. The van der Waals surface area contributed by atoms with Gasteiger partial charge in [0.15, 0.2) is 0 Å². The number of hydrogen-bond donors (Lipinski definition) is 0. The average Bonchev–Trinajstić information content (AvgIpc) is 2.53. The zero-order chi connectivity index (χ0) is 15.2. The molecule has 0 saturated heterocycles. The molecule has 0 atom stereocenters. The largest absolute Gasteiger partial charge is 0.497 e. The molecule has 0 N–H and O–H groups in total. The van der Waals surface area contributed by atoms with Gasteiger partial charge in [0.25, 0.3) is 0 Å². The van der Waals surface area contributed by atoms with Gasteiger partial charge in [-0.15, -0.1) is 0 Å². The van der Waals surface area contributed by atoms with E-state index in [2.05, 4.69) is 0 Å². The topological polar surface area (TPSA) is 66.0 Å². The van der Waals surface area contributed by atoms with Gasteiger partial charge in [-0.05, 0) is 24.3 Å². The van der Waals surface area contributed by atoms with E-state index in [0.717, 1.165) is 6.07 Å². The van der Waals surface area contributed by atoms with E-state index in [1.165, 1.54) is 19.2 Å². The van der Waals surface area contributed by atoms with E-state index in [4.69, 9.17) is 20.0 Å². The summed E-state index contributed by atoms with van der Waals surface area (Å²) in [4.78, 5) is 0. The second-order valence-electron chi connectivity index (χ2n) is 4.22. The highest BCUT2D eigenvalue weighted by Crippen LogP contribution is 2.23. The summed E-state index contributed by atoms with van der Waals surface area (Å²) in [5.41, 5.74) is 0.976. The smallest absolute Gasteiger partial charge is 0.131 e. The highest BCUT2D eigenvalue weighted by atomic mass is 19.1. The molecule has 0 aliphatic rings. The molecule has 0 amide bonds. The van der Waals surface area contributed by atoms with Gasteiger partial charge in [0.1, 0.15) is 23.9 Å². The third kappa shape index (κ3) is 3.49. The van der Waals surface area contributed by atoms with Gasteiger partial charge in [-0.2, -0.15) is 10.5 Å². The molecule has 0 heterocycles. The first-order valence-corrected chi connectivity index (χ1v) is 6.07. The second-order valence-corrected chi connectivity index (χ2v) is 4.22. The summed E-state index contributed by atoms with van der Waals surface area (Å²) in [6, 6.07) is 12.8. The molecule has 2 aromatic carbocycles. The third-order valence-corrected chi connectivity index (χ3v) is 2.82. The zero-order valence-corrected chi connectivity index (χ0v) is 11.3. The maximum atomic E-state index is 13.7. The van der Waals surface area contributed by atoms with Crippen molar-refractivity contribution in [3.63, 3.8) is 0 Å². The van der Waals surface area contributed by atoms with Crippen LogP contribution in [0.15, 0.2) is 36.4 Å². The fourth-order valence-corrected chi connectivity index (χ4v) is 1.73. The third-order valence-electron chi connectivity index (χ3n) is 2.82. The van der Waals surface area contributed by atoms with E-state index in [1.54, 1.807) is 18.2 Å². The van der Waals surface area contributed by atoms with Crippen molar-refractivity contribution < 1.29 is 13.9 Å². The lowest BCUT2D eigenvalue weighted by molar-refractivity contribution is 0.297. The van der Waals surface area contributed by atoms with Crippen molar-refractivity contribution in [2.24, 2.45) is 0 Å². The minimum Gasteiger partial charge on any atom is -0.497 e. The quantitative estimate of drug-likeness (QED) is 0.864. The van der Waals surface area contributed by atoms with Gasteiger partial charge < -0.3 is 9.47 Å². The van der Waals surface area contributed by atoms with Crippen LogP contribution in [-0.2, 0) is 6.61 Å². The van der Waals surface area contributed by atoms with Crippen LogP contribution in [-0.4, -0.2) is 7.11 Å². The van der Waals surface area contributed by atoms with Gasteiger partial charge in [0, 0.05) is 11.6 Å². The SMILES string of the molecule is COc1cc(C#N)cc(OCc2ccc(C#N)cc2F)c1. The van der Waals surface area contributed by atoms with E-state index in [-0.39, 0.29) is 12.2 Å². The molecule has 0 saturated carbocycles. The molecular formula is C16H11FN2O2. The van der Waals surface area contributed by atoms with Gasteiger partial charge in [0.2, 0.25) is 0 Å². The minimum absolute atomic E-state index is 0.00439. The molecule has 0 bridgehead atoms. The molecule has 0 unspecified atom stereocenters. The fraction of sp³-hybridized carbons (Fsp3) is 0.125. The highest BCUT2D eigenvalue weighted by molar-refractivity contribution is 5.44. The van der Waals surface area contributed by atoms with Crippen molar-refractivity contribution in [1.29, 1.82) is 10.5 Å². The van der Waals surface area contributed by atoms with Crippen LogP contribution >= 0.6 is 0 Å². The van der Waals surface area contributed by atoms with Crippen LogP contribution < -0.4 is 9.47 Å². The number of ether oxygens (including phenoxy) is 2. The normalized spacial score (nSPS) is 9.52. The Hall–Kier alpha value is -3.05. The molecule has 5 heteroatoms. The molecule has 2 aromatic rings. The summed E-state index contributed by atoms with van der Waals surface area (Å²) in [5.74, 6) is 0.400. The van der Waals surface area contributed by atoms with Crippen LogP contribution in [0, 0.1) is 28.5 Å². The molecule has 0 aliphatic carbocycles. The van der Waals surface area contributed by atoms with E-state index in [0.29, 0.717) is 22.6 Å². The summed E-state index contributed by atoms with van der Waals surface area (Å²) in [6.45, 7) is -0.00439. The van der Waals surface area contributed by atoms with Crippen LogP contribution in [0.4, 0.5) is 4.39 Å². The second kappa shape index (κ2) is 6.40. The van der Waals surface area contributed by atoms with E-state index >= 15 is 0 Å². The number of hydrogen-bond acceptors (Lipinski definition) is 4. The van der Waals surface area contributed by atoms with Crippen LogP contribution in [0.2, 0.25) is 0 Å². The van der Waals surface area contributed by atoms with Gasteiger partial charge in [-0.25, -0.2) is 4.39 Å². The Balaban J connectivity index is 2.17. The summed E-state index contributed by atoms with van der Waals surface area (Å²) in [5, 5.41) is 17.6. The van der Waals surface area contributed by atoms with Crippen molar-refractivity contribution in [1.82, 2.24) is 0 Å². The average molecular weight is 282 g/mol. The molecule has 0 spiro atoms. The van der Waals surface area contributed by atoms with E-state index < -0.39 is 5.82 Å². The maximum absolute atomic E-state index is 13.7. The van der Waals surface area contributed by atoms with Crippen molar-refractivity contribution >= 4 is 0 Å². The minimum atomic E-state index is -0.502. The highest BCUT2D eigenvalue weighted by Gasteiger charge is 2.06. The molecule has 21 heavy (non-hydrogen) atoms. The van der Waals surface area contributed by atoms with Crippen LogP contribution in [0.3, 0.4) is 0 Å². The van der Waals surface area contributed by atoms with Crippen molar-refractivity contribution in [3.05, 3.63) is 58.9 Å². The van der Waals surface area contributed by atoms with Crippen molar-refractivity contribution in [3.8, 4) is 23.6 Å². The Morgan fingerprint density at radius 1 is 1.00 bits per heavy atom. The van der Waals surface area contributed by atoms with Crippen LogP contribution in [0.5, 0.6) is 11.5 Å². The first-order valence-electron chi connectivity index (χ1n) is 6.07. The molecular weight excluding hydrogens is 271 g/mol. The predicted molar refractivity (Wildman–Crippen MR) is 73.2 cm³/mol. The number of methoxy groups -OCH3 is 1. The fourth-order valence-electron chi connectivity index (χ4n) is 1.73. The van der Waals surface area contributed by atoms with E-state index in [9.17, 15) is 4.39 Å². The number of rotatable bonds is 4. The van der Waals surface area contributed by atoms with Crippen LogP contribution in [0.25, 0.3) is 0 Å². The van der Waals surface area contributed by atoms with Crippen molar-refractivity contribution in [2.45, 2.75) is 6.61 Å². The molecule has 2 rings (SSSR count). The van der Waals surface area contributed by atoms with Gasteiger partial charge in [-0.1, -0.05) is 6.07 Å². The first-order chi connectivity index (χ1) is 10.2. The summed E-state index contributed by atoms with van der Waals surface area (Å²) in [7, 11) is 1.49. The number of nitriles is 2. The Morgan fingerprint density at radius 3 is 2.33 bits per heavy atom. The summed E-state index contributed by atoms with van der Waals surface area (Å²) >= 11 is 0. The maximum Gasteiger partial charge on any atom is 0.131 e. The van der Waals surface area contributed by atoms with Gasteiger partial charge in [0.05, 0.1) is 30.4 Å². The van der Waals surface area contributed by atoms with E-state index in [1.807, 2.05) is 12.1 Å². The van der Waals surface area contributed by atoms with Crippen molar-refractivity contribution in [2.75, 3.05) is 7.11 Å². The molecule has 0 fully saturated rings. The lowest BCUT2D eigenvalue weighted by atomic mass is 10.1. The lowest BCUT2D eigenvalue weighted by Gasteiger charge is -2.09. The molecule has 0 aromatic heterocycles. The Bertz CT molecular complexity index is 745. The summed E-state index contributed by atoms with van der Waals surface area (Å²) in [6.07, 6.45) is 0. The zero-order valence-electron chi connectivity index (χ0n) is 11.3. The Morgan fingerprint density at radius 2 is 1.71 bits per heavy atom. The number of benzene rings is 2.